The van der Waals surface area contributed by atoms with Crippen LogP contribution in [0.2, 0.25) is 0 Å². The quantitative estimate of drug-likeness (QED) is 0.160. The number of nitrogens with zero attached hydrogens (tertiary/aromatic N) is 5. The summed E-state index contributed by atoms with van der Waals surface area (Å²) in [6, 6.07) is 106. The first-order chi connectivity index (χ1) is 44.6. The lowest BCUT2D eigenvalue weighted by Gasteiger charge is -2.22. The van der Waals surface area contributed by atoms with Crippen LogP contribution in [0.5, 0.6) is 0 Å². The highest BCUT2D eigenvalue weighted by Gasteiger charge is 2.37. The van der Waals surface area contributed by atoms with Crippen molar-refractivity contribution in [1.29, 1.82) is 0 Å². The molecule has 17 aromatic rings. The molecule has 0 unspecified atom stereocenters. The first-order valence-corrected chi connectivity index (χ1v) is 31.7. The third-order valence-corrected chi connectivity index (χ3v) is 20.4. The number of para-hydroxylation sites is 2. The lowest BCUT2D eigenvalue weighted by Crippen LogP contribution is -2.15. The van der Waals surface area contributed by atoms with Crippen LogP contribution in [0.4, 0.5) is 0 Å². The average molecular weight is 1160 g/mol. The van der Waals surface area contributed by atoms with Crippen LogP contribution in [0.25, 0.3) is 161 Å². The van der Waals surface area contributed by atoms with Crippen molar-refractivity contribution in [2.45, 2.75) is 38.5 Å². The Hall–Kier alpha value is -11.4. The van der Waals surface area contributed by atoms with Crippen molar-refractivity contribution >= 4 is 76.3 Å². The van der Waals surface area contributed by atoms with E-state index in [0.29, 0.717) is 5.82 Å². The number of hydrogen-bond donors (Lipinski definition) is 0. The van der Waals surface area contributed by atoms with Crippen molar-refractivity contribution in [2.24, 2.45) is 0 Å². The van der Waals surface area contributed by atoms with Gasteiger partial charge in [-0.25, -0.2) is 9.97 Å². The van der Waals surface area contributed by atoms with Gasteiger partial charge in [0.1, 0.15) is 0 Å². The largest absolute Gasteiger partial charge is 0.309 e. The second-order valence-corrected chi connectivity index (χ2v) is 26.1. The standard InChI is InChI=1S/C86H59N5/c1-85(2)72-27-15-11-23-61(72)63-38-35-59(50-74(63)85)90-78-30-18-14-26-66(78)68-46-55(32-42-80(68)90)57-34-44-82-70(48-57)69-47-56(33-43-81(69)91(82)60-36-39-64-62-24-12-16-28-73(62)86(3,4)75(64)51-60)54-31-41-79-67(45-54)65-25-13-17-29-77(65)89(79)58-37-40-76-71(49-58)83(52-19-7-5-8-20-52)88-84(87-76)53-21-9-6-10-22-53/h5-51H,1-4H3. The minimum atomic E-state index is -0.145. The molecule has 5 heteroatoms. The zero-order valence-corrected chi connectivity index (χ0v) is 50.9. The van der Waals surface area contributed by atoms with E-state index in [1.165, 1.54) is 121 Å². The molecular weight excluding hydrogens is 1100 g/mol. The van der Waals surface area contributed by atoms with Gasteiger partial charge in [0.15, 0.2) is 5.82 Å². The van der Waals surface area contributed by atoms with Gasteiger partial charge in [0.2, 0.25) is 0 Å². The van der Waals surface area contributed by atoms with E-state index in [1.54, 1.807) is 0 Å². The number of fused-ring (bicyclic) bond motifs is 16. The lowest BCUT2D eigenvalue weighted by atomic mass is 9.82. The third-order valence-electron chi connectivity index (χ3n) is 20.4. The molecule has 0 fully saturated rings. The van der Waals surface area contributed by atoms with E-state index >= 15 is 0 Å². The molecule has 13 aromatic carbocycles. The van der Waals surface area contributed by atoms with Crippen molar-refractivity contribution < 1.29 is 0 Å². The molecule has 0 bridgehead atoms. The Morgan fingerprint density at radius 3 is 1.08 bits per heavy atom. The van der Waals surface area contributed by atoms with Gasteiger partial charge in [-0.2, -0.15) is 0 Å². The fraction of sp³-hybridized carbons (Fsp3) is 0.0698. The molecule has 4 aromatic heterocycles. The van der Waals surface area contributed by atoms with Crippen LogP contribution in [-0.4, -0.2) is 23.7 Å². The lowest BCUT2D eigenvalue weighted by molar-refractivity contribution is 0.660. The molecule has 0 radical (unpaired) electrons. The van der Waals surface area contributed by atoms with E-state index in [1.807, 2.05) is 18.2 Å². The molecule has 0 atom stereocenters. The summed E-state index contributed by atoms with van der Waals surface area (Å²) >= 11 is 0. The van der Waals surface area contributed by atoms with Crippen LogP contribution in [0, 0.1) is 0 Å². The zero-order chi connectivity index (χ0) is 60.4. The highest BCUT2D eigenvalue weighted by Crippen LogP contribution is 2.52. The maximum atomic E-state index is 5.26. The van der Waals surface area contributed by atoms with Gasteiger partial charge in [0.05, 0.1) is 44.3 Å². The van der Waals surface area contributed by atoms with E-state index in [4.69, 9.17) is 9.97 Å². The second kappa shape index (κ2) is 19.1. The zero-order valence-electron chi connectivity index (χ0n) is 50.9. The molecule has 2 aliphatic rings. The first-order valence-electron chi connectivity index (χ1n) is 31.7. The maximum Gasteiger partial charge on any atom is 0.160 e. The van der Waals surface area contributed by atoms with E-state index in [-0.39, 0.29) is 10.8 Å². The minimum absolute atomic E-state index is 0.103. The monoisotopic (exact) mass is 1160 g/mol. The van der Waals surface area contributed by atoms with Gasteiger partial charge in [-0.15, -0.1) is 0 Å². The van der Waals surface area contributed by atoms with E-state index in [9.17, 15) is 0 Å². The predicted molar refractivity (Wildman–Crippen MR) is 379 cm³/mol. The Morgan fingerprint density at radius 1 is 0.242 bits per heavy atom. The third kappa shape index (κ3) is 7.52. The van der Waals surface area contributed by atoms with Crippen LogP contribution >= 0.6 is 0 Å². The van der Waals surface area contributed by atoms with Crippen molar-refractivity contribution in [1.82, 2.24) is 23.7 Å². The number of benzene rings is 13. The molecule has 428 valence electrons. The summed E-state index contributed by atoms with van der Waals surface area (Å²) in [5, 5.41) is 8.31. The molecule has 19 rings (SSSR count). The van der Waals surface area contributed by atoms with Gasteiger partial charge in [-0.05, 0) is 170 Å². The van der Waals surface area contributed by atoms with Crippen molar-refractivity contribution in [3.05, 3.63) is 307 Å². The van der Waals surface area contributed by atoms with Crippen LogP contribution in [0.15, 0.2) is 285 Å². The molecule has 0 saturated heterocycles. The summed E-state index contributed by atoms with van der Waals surface area (Å²) in [6.07, 6.45) is 0. The van der Waals surface area contributed by atoms with E-state index in [0.717, 1.165) is 55.7 Å². The molecule has 2 aliphatic carbocycles. The first kappa shape index (κ1) is 51.6. The Labute approximate surface area is 527 Å². The molecule has 0 saturated carbocycles. The van der Waals surface area contributed by atoms with Crippen LogP contribution in [0.3, 0.4) is 0 Å². The number of aromatic nitrogens is 5. The van der Waals surface area contributed by atoms with Crippen molar-refractivity contribution in [3.63, 3.8) is 0 Å². The maximum absolute atomic E-state index is 5.26. The molecule has 4 heterocycles. The Kier molecular flexibility index (Phi) is 10.8. The molecule has 0 amide bonds. The van der Waals surface area contributed by atoms with Gasteiger partial charge in [0.25, 0.3) is 0 Å². The molecule has 5 nitrogen and oxygen atoms in total. The summed E-state index contributed by atoms with van der Waals surface area (Å²) in [6.45, 7) is 9.48. The Morgan fingerprint density at radius 2 is 0.604 bits per heavy atom. The average Bonchev–Trinajstić information content (AvgIpc) is 1.62. The Balaban J connectivity index is 0.766. The van der Waals surface area contributed by atoms with Gasteiger partial charge in [-0.3, -0.25) is 0 Å². The summed E-state index contributed by atoms with van der Waals surface area (Å²) < 4.78 is 7.38. The normalized spacial score (nSPS) is 13.7. The summed E-state index contributed by atoms with van der Waals surface area (Å²) in [5.41, 5.74) is 29.6. The fourth-order valence-corrected chi connectivity index (χ4v) is 16.0. The topological polar surface area (TPSA) is 40.6 Å². The van der Waals surface area contributed by atoms with E-state index in [2.05, 4.69) is 308 Å². The molecule has 0 spiro atoms. The van der Waals surface area contributed by atoms with Gasteiger partial charge >= 0.3 is 0 Å². The molecular formula is C86H59N5. The van der Waals surface area contributed by atoms with Crippen LogP contribution in [-0.2, 0) is 10.8 Å². The molecule has 0 N–H and O–H groups in total. The van der Waals surface area contributed by atoms with Crippen LogP contribution < -0.4 is 0 Å². The van der Waals surface area contributed by atoms with Crippen molar-refractivity contribution in [2.75, 3.05) is 0 Å². The number of rotatable bonds is 7. The summed E-state index contributed by atoms with van der Waals surface area (Å²) in [4.78, 5) is 10.4. The SMILES string of the molecule is CC1(C)c2ccccc2-c2ccc(-n3c4ccccc4c4cc(-c5ccc6c(c5)c5cc(-c7ccc8c(c7)c7ccccc7n8-c7ccc8nc(-c9ccccc9)nc(-c9ccccc9)c8c7)ccc5n6-c5ccc6c(c5)C(C)(C)c5ccccc5-6)ccc43)cc21. The molecule has 0 aliphatic heterocycles. The Bertz CT molecular complexity index is 5950. The highest BCUT2D eigenvalue weighted by atomic mass is 15.0. The molecule has 91 heavy (non-hydrogen) atoms. The van der Waals surface area contributed by atoms with Gasteiger partial charge in [0, 0.05) is 76.7 Å². The number of hydrogen-bond acceptors (Lipinski definition) is 2. The predicted octanol–water partition coefficient (Wildman–Crippen LogP) is 22.2. The van der Waals surface area contributed by atoms with Crippen molar-refractivity contribution in [3.8, 4) is 84.2 Å². The fourth-order valence-electron chi connectivity index (χ4n) is 16.0. The van der Waals surface area contributed by atoms with Crippen LogP contribution in [0.1, 0.15) is 49.9 Å². The second-order valence-electron chi connectivity index (χ2n) is 26.1. The summed E-state index contributed by atoms with van der Waals surface area (Å²) in [5.74, 6) is 0.714. The smallest absolute Gasteiger partial charge is 0.160 e. The highest BCUT2D eigenvalue weighted by molar-refractivity contribution is 6.15. The minimum Gasteiger partial charge on any atom is -0.309 e. The van der Waals surface area contributed by atoms with E-state index < -0.39 is 0 Å². The van der Waals surface area contributed by atoms with Gasteiger partial charge in [-0.1, -0.05) is 210 Å². The summed E-state index contributed by atoms with van der Waals surface area (Å²) in [7, 11) is 0. The van der Waals surface area contributed by atoms with Gasteiger partial charge < -0.3 is 13.7 Å².